The topological polar surface area (TPSA) is 44.8 Å². The Hall–Kier alpha value is -0.870. The summed E-state index contributed by atoms with van der Waals surface area (Å²) in [6, 6.07) is 0. The van der Waals surface area contributed by atoms with Crippen LogP contribution in [0.15, 0.2) is 11.6 Å². The summed E-state index contributed by atoms with van der Waals surface area (Å²) in [4.78, 5) is 11.3. The number of hydrogen-bond acceptors (Lipinski definition) is 4. The maximum atomic E-state index is 11.3. The number of ether oxygens (including phenoxy) is 3. The summed E-state index contributed by atoms with van der Waals surface area (Å²) in [7, 11) is 0. The summed E-state index contributed by atoms with van der Waals surface area (Å²) in [6.07, 6.45) is 22.4. The van der Waals surface area contributed by atoms with Gasteiger partial charge in [0.2, 0.25) is 0 Å². The molecule has 0 saturated heterocycles. The lowest BCUT2D eigenvalue weighted by Crippen LogP contribution is -2.50. The molecular weight excluding hydrogens is 484 g/mol. The highest BCUT2D eigenvalue weighted by Crippen LogP contribution is 2.67. The van der Waals surface area contributed by atoms with Crippen molar-refractivity contribution >= 4 is 5.97 Å². The average Bonchev–Trinajstić information content (AvgIpc) is 3.24. The van der Waals surface area contributed by atoms with Gasteiger partial charge in [-0.1, -0.05) is 58.6 Å². The molecular formula is C35H60O4. The molecule has 4 nitrogen and oxygen atoms in total. The SMILES string of the molecule is CCOC(=O)COCCOCCCC1CCC2(C)C(=CCC3C2CCC2(C)C(CCCCC(C)C)CCC32)C1. The van der Waals surface area contributed by atoms with Crippen molar-refractivity contribution in [1.29, 1.82) is 0 Å². The van der Waals surface area contributed by atoms with Gasteiger partial charge in [0.1, 0.15) is 6.61 Å². The molecule has 0 radical (unpaired) electrons. The van der Waals surface area contributed by atoms with Crippen LogP contribution in [0.3, 0.4) is 0 Å². The fourth-order valence-corrected chi connectivity index (χ4v) is 9.56. The summed E-state index contributed by atoms with van der Waals surface area (Å²) in [5.41, 5.74) is 2.89. The van der Waals surface area contributed by atoms with E-state index in [1.807, 2.05) is 5.57 Å². The zero-order chi connectivity index (χ0) is 27.9. The normalized spacial score (nSPS) is 35.7. The second kappa shape index (κ2) is 14.3. The predicted octanol–water partition coefficient (Wildman–Crippen LogP) is 8.77. The molecule has 0 heterocycles. The zero-order valence-electron chi connectivity index (χ0n) is 26.1. The van der Waals surface area contributed by atoms with Crippen LogP contribution < -0.4 is 0 Å². The van der Waals surface area contributed by atoms with Crippen LogP contribution in [0, 0.1) is 46.3 Å². The molecule has 0 aromatic carbocycles. The first-order valence-electron chi connectivity index (χ1n) is 16.8. The fourth-order valence-electron chi connectivity index (χ4n) is 9.56. The van der Waals surface area contributed by atoms with Gasteiger partial charge in [-0.2, -0.15) is 0 Å². The molecule has 0 aromatic heterocycles. The number of unbranched alkanes of at least 4 members (excludes halogenated alkanes) is 1. The molecule has 0 amide bonds. The van der Waals surface area contributed by atoms with E-state index >= 15 is 0 Å². The highest BCUT2D eigenvalue weighted by atomic mass is 16.6. The Morgan fingerprint density at radius 3 is 2.56 bits per heavy atom. The first kappa shape index (κ1) is 31.1. The fraction of sp³-hybridized carbons (Fsp3) is 0.914. The summed E-state index contributed by atoms with van der Waals surface area (Å²) in [6.45, 7) is 14.1. The molecule has 3 fully saturated rings. The number of esters is 1. The van der Waals surface area contributed by atoms with Gasteiger partial charge in [-0.05, 0) is 124 Å². The molecule has 3 saturated carbocycles. The Kier molecular flexibility index (Phi) is 11.4. The number of carbonyl (C=O) groups excluding carboxylic acids is 1. The summed E-state index contributed by atoms with van der Waals surface area (Å²) in [5, 5.41) is 0. The molecule has 0 bridgehead atoms. The van der Waals surface area contributed by atoms with Gasteiger partial charge < -0.3 is 14.2 Å². The van der Waals surface area contributed by atoms with E-state index in [0.29, 0.717) is 30.7 Å². The molecule has 0 aromatic rings. The third-order valence-electron chi connectivity index (χ3n) is 11.8. The van der Waals surface area contributed by atoms with Crippen LogP contribution in [0.2, 0.25) is 0 Å². The van der Waals surface area contributed by atoms with Crippen molar-refractivity contribution in [2.75, 3.05) is 33.0 Å². The van der Waals surface area contributed by atoms with Crippen LogP contribution in [-0.4, -0.2) is 39.0 Å². The van der Waals surface area contributed by atoms with Crippen LogP contribution in [-0.2, 0) is 19.0 Å². The van der Waals surface area contributed by atoms with Gasteiger partial charge in [0.05, 0.1) is 19.8 Å². The van der Waals surface area contributed by atoms with Crippen molar-refractivity contribution in [3.8, 4) is 0 Å². The molecule has 4 heteroatoms. The van der Waals surface area contributed by atoms with Crippen molar-refractivity contribution < 1.29 is 19.0 Å². The number of rotatable bonds is 15. The number of allylic oxidation sites excluding steroid dienone is 2. The Morgan fingerprint density at radius 1 is 0.949 bits per heavy atom. The molecule has 0 N–H and O–H groups in total. The lowest BCUT2D eigenvalue weighted by molar-refractivity contribution is -0.148. The van der Waals surface area contributed by atoms with E-state index in [1.54, 1.807) is 6.92 Å². The quantitative estimate of drug-likeness (QED) is 0.117. The number of fused-ring (bicyclic) bond motifs is 5. The van der Waals surface area contributed by atoms with Gasteiger partial charge >= 0.3 is 5.97 Å². The molecule has 0 aliphatic heterocycles. The molecule has 7 unspecified atom stereocenters. The minimum Gasteiger partial charge on any atom is -0.464 e. The molecule has 4 aliphatic carbocycles. The minimum absolute atomic E-state index is 0.0218. The van der Waals surface area contributed by atoms with Crippen LogP contribution >= 0.6 is 0 Å². The molecule has 0 spiro atoms. The van der Waals surface area contributed by atoms with Crippen LogP contribution in [0.4, 0.5) is 0 Å². The molecule has 4 aliphatic rings. The Labute approximate surface area is 240 Å². The monoisotopic (exact) mass is 544 g/mol. The number of hydrogen-bond donors (Lipinski definition) is 0. The third-order valence-corrected chi connectivity index (χ3v) is 11.8. The predicted molar refractivity (Wildman–Crippen MR) is 159 cm³/mol. The second-order valence-corrected chi connectivity index (χ2v) is 14.5. The first-order chi connectivity index (χ1) is 18.8. The van der Waals surface area contributed by atoms with Crippen LogP contribution in [0.5, 0.6) is 0 Å². The van der Waals surface area contributed by atoms with Gasteiger partial charge in [-0.3, -0.25) is 0 Å². The van der Waals surface area contributed by atoms with Crippen molar-refractivity contribution in [1.82, 2.24) is 0 Å². The van der Waals surface area contributed by atoms with E-state index in [0.717, 1.165) is 48.5 Å². The first-order valence-corrected chi connectivity index (χ1v) is 16.8. The highest BCUT2D eigenvalue weighted by Gasteiger charge is 2.58. The van der Waals surface area contributed by atoms with Gasteiger partial charge in [-0.15, -0.1) is 0 Å². The number of carbonyl (C=O) groups is 1. The van der Waals surface area contributed by atoms with Crippen molar-refractivity contribution in [2.45, 2.75) is 125 Å². The Morgan fingerprint density at radius 2 is 1.77 bits per heavy atom. The summed E-state index contributed by atoms with van der Waals surface area (Å²) >= 11 is 0. The van der Waals surface area contributed by atoms with E-state index in [4.69, 9.17) is 14.2 Å². The lowest BCUT2D eigenvalue weighted by atomic mass is 9.47. The van der Waals surface area contributed by atoms with Crippen molar-refractivity contribution in [3.63, 3.8) is 0 Å². The third kappa shape index (κ3) is 7.51. The van der Waals surface area contributed by atoms with Crippen molar-refractivity contribution in [3.05, 3.63) is 11.6 Å². The van der Waals surface area contributed by atoms with E-state index in [-0.39, 0.29) is 12.6 Å². The van der Waals surface area contributed by atoms with Crippen LogP contribution in [0.25, 0.3) is 0 Å². The van der Waals surface area contributed by atoms with E-state index < -0.39 is 0 Å². The zero-order valence-corrected chi connectivity index (χ0v) is 26.1. The maximum absolute atomic E-state index is 11.3. The smallest absolute Gasteiger partial charge is 0.332 e. The molecule has 7 atom stereocenters. The Balaban J connectivity index is 1.20. The molecule has 4 rings (SSSR count). The van der Waals surface area contributed by atoms with E-state index in [2.05, 4.69) is 33.8 Å². The summed E-state index contributed by atoms with van der Waals surface area (Å²) < 4.78 is 16.0. The van der Waals surface area contributed by atoms with Gasteiger partial charge in [-0.25, -0.2) is 4.79 Å². The Bertz CT molecular complexity index is 804. The highest BCUT2D eigenvalue weighted by molar-refractivity contribution is 5.70. The van der Waals surface area contributed by atoms with Gasteiger partial charge in [0.25, 0.3) is 0 Å². The minimum atomic E-state index is -0.299. The van der Waals surface area contributed by atoms with Gasteiger partial charge in [0.15, 0.2) is 0 Å². The molecule has 224 valence electrons. The van der Waals surface area contributed by atoms with E-state index in [1.165, 1.54) is 83.5 Å². The standard InChI is InChI=1S/C35H60O4/c1-6-39-33(36)25-38-23-22-37-21-9-11-27-17-19-35(5)29(24-27)13-15-30-31-16-14-28(12-8-7-10-26(2)3)34(31,4)20-18-32(30)35/h13,26-28,30-32H,6-12,14-25H2,1-5H3. The average molecular weight is 545 g/mol. The van der Waals surface area contributed by atoms with Crippen molar-refractivity contribution in [2.24, 2.45) is 46.3 Å². The van der Waals surface area contributed by atoms with Crippen LogP contribution in [0.1, 0.15) is 125 Å². The van der Waals surface area contributed by atoms with E-state index in [9.17, 15) is 4.79 Å². The maximum Gasteiger partial charge on any atom is 0.332 e. The lowest BCUT2D eigenvalue weighted by Gasteiger charge is -2.58. The molecule has 39 heavy (non-hydrogen) atoms. The van der Waals surface area contributed by atoms with Gasteiger partial charge in [0, 0.05) is 6.61 Å². The second-order valence-electron chi connectivity index (χ2n) is 14.5. The summed E-state index contributed by atoms with van der Waals surface area (Å²) in [5.74, 6) is 5.19. The largest absolute Gasteiger partial charge is 0.464 e.